The minimum Gasteiger partial charge on any atom is -0.369 e. The normalized spacial score (nSPS) is 9.93. The summed E-state index contributed by atoms with van der Waals surface area (Å²) < 4.78 is 0. The smallest absolute Gasteiger partial charge is 0.252 e. The van der Waals surface area contributed by atoms with E-state index in [4.69, 9.17) is 0 Å². The molecular weight excluding hydrogens is 210 g/mol. The number of thioether (sulfide) groups is 1. The van der Waals surface area contributed by atoms with Gasteiger partial charge in [0.05, 0.1) is 0 Å². The summed E-state index contributed by atoms with van der Waals surface area (Å²) in [5, 5.41) is 3.10. The molecule has 0 amide bonds. The molecule has 1 rings (SSSR count). The summed E-state index contributed by atoms with van der Waals surface area (Å²) in [5.41, 5.74) is -0.122. The van der Waals surface area contributed by atoms with E-state index in [9.17, 15) is 4.79 Å². The van der Waals surface area contributed by atoms with E-state index in [2.05, 4.69) is 21.9 Å². The quantitative estimate of drug-likeness (QED) is 0.567. The predicted octanol–water partition coefficient (Wildman–Crippen LogP) is 1.41. The average molecular weight is 225 g/mol. The standard InChI is InChI=1S/C10H15N3OS/c1-3-5-15-6-4-11-9-7-10(14)13-8(2)12-9/h3,7H,1,4-6H2,2H3,(H2,11,12,13,14). The van der Waals surface area contributed by atoms with E-state index in [0.717, 1.165) is 18.1 Å². The number of H-pyrrole nitrogens is 1. The zero-order valence-electron chi connectivity index (χ0n) is 8.75. The molecule has 0 radical (unpaired) electrons. The van der Waals surface area contributed by atoms with E-state index in [1.54, 1.807) is 18.7 Å². The Morgan fingerprint density at radius 1 is 1.73 bits per heavy atom. The second-order valence-electron chi connectivity index (χ2n) is 3.01. The van der Waals surface area contributed by atoms with Crippen LogP contribution in [0.25, 0.3) is 0 Å². The van der Waals surface area contributed by atoms with Gasteiger partial charge in [-0.2, -0.15) is 11.8 Å². The number of aromatic nitrogens is 2. The van der Waals surface area contributed by atoms with Crippen LogP contribution in [-0.4, -0.2) is 28.0 Å². The molecule has 0 aliphatic heterocycles. The third kappa shape index (κ3) is 4.69. The Hall–Kier alpha value is -1.23. The Bertz CT molecular complexity index is 375. The molecule has 0 aliphatic carbocycles. The van der Waals surface area contributed by atoms with Crippen molar-refractivity contribution >= 4 is 17.6 Å². The van der Waals surface area contributed by atoms with Crippen LogP contribution in [0.5, 0.6) is 0 Å². The lowest BCUT2D eigenvalue weighted by molar-refractivity contribution is 1.01. The van der Waals surface area contributed by atoms with Crippen molar-refractivity contribution in [3.63, 3.8) is 0 Å². The summed E-state index contributed by atoms with van der Waals surface area (Å²) in [7, 11) is 0. The monoisotopic (exact) mass is 225 g/mol. The first kappa shape index (κ1) is 11.8. The van der Waals surface area contributed by atoms with Crippen LogP contribution in [0.4, 0.5) is 5.82 Å². The van der Waals surface area contributed by atoms with Crippen LogP contribution in [0, 0.1) is 6.92 Å². The SMILES string of the molecule is C=CCSCCNc1cc(=O)[nH]c(C)n1. The van der Waals surface area contributed by atoms with Crippen LogP contribution in [-0.2, 0) is 0 Å². The van der Waals surface area contributed by atoms with Crippen molar-refractivity contribution in [2.24, 2.45) is 0 Å². The van der Waals surface area contributed by atoms with Gasteiger partial charge in [-0.3, -0.25) is 4.79 Å². The van der Waals surface area contributed by atoms with E-state index in [1.807, 2.05) is 6.08 Å². The van der Waals surface area contributed by atoms with Gasteiger partial charge >= 0.3 is 0 Å². The summed E-state index contributed by atoms with van der Waals surface area (Å²) in [6, 6.07) is 1.46. The maximum absolute atomic E-state index is 11.1. The van der Waals surface area contributed by atoms with Gasteiger partial charge in [-0.05, 0) is 6.92 Å². The molecule has 1 aromatic heterocycles. The molecule has 4 nitrogen and oxygen atoms in total. The zero-order chi connectivity index (χ0) is 11.1. The average Bonchev–Trinajstić information content (AvgIpc) is 2.16. The largest absolute Gasteiger partial charge is 0.369 e. The van der Waals surface area contributed by atoms with Crippen LogP contribution in [0.15, 0.2) is 23.5 Å². The number of nitrogens with zero attached hydrogens (tertiary/aromatic N) is 1. The number of anilines is 1. The molecule has 0 atom stereocenters. The zero-order valence-corrected chi connectivity index (χ0v) is 9.56. The number of nitrogens with one attached hydrogen (secondary N) is 2. The molecule has 82 valence electrons. The van der Waals surface area contributed by atoms with Crippen LogP contribution in [0.2, 0.25) is 0 Å². The molecule has 15 heavy (non-hydrogen) atoms. The van der Waals surface area contributed by atoms with Gasteiger partial charge in [-0.15, -0.1) is 6.58 Å². The molecule has 0 aliphatic rings. The van der Waals surface area contributed by atoms with Crippen molar-refractivity contribution in [3.05, 3.63) is 34.9 Å². The van der Waals surface area contributed by atoms with Crippen molar-refractivity contribution in [1.82, 2.24) is 9.97 Å². The highest BCUT2D eigenvalue weighted by Gasteiger charge is 1.96. The van der Waals surface area contributed by atoms with E-state index in [1.165, 1.54) is 6.07 Å². The molecule has 5 heteroatoms. The Labute approximate surface area is 93.2 Å². The fourth-order valence-corrected chi connectivity index (χ4v) is 1.67. The molecule has 0 fully saturated rings. The summed E-state index contributed by atoms with van der Waals surface area (Å²) in [5.74, 6) is 3.18. The Balaban J connectivity index is 2.37. The maximum atomic E-state index is 11.1. The van der Waals surface area contributed by atoms with Crippen LogP contribution in [0.3, 0.4) is 0 Å². The Morgan fingerprint density at radius 2 is 2.53 bits per heavy atom. The summed E-state index contributed by atoms with van der Waals surface area (Å²) >= 11 is 1.79. The number of hydrogen-bond acceptors (Lipinski definition) is 4. The maximum Gasteiger partial charge on any atom is 0.252 e. The fraction of sp³-hybridized carbons (Fsp3) is 0.400. The number of aryl methyl sites for hydroxylation is 1. The summed E-state index contributed by atoms with van der Waals surface area (Å²) in [6.45, 7) is 6.20. The third-order valence-corrected chi connectivity index (χ3v) is 2.61. The molecule has 0 saturated heterocycles. The van der Waals surface area contributed by atoms with Gasteiger partial charge in [0.1, 0.15) is 11.6 Å². The van der Waals surface area contributed by atoms with Gasteiger partial charge in [0.15, 0.2) is 0 Å². The first-order valence-electron chi connectivity index (χ1n) is 4.73. The van der Waals surface area contributed by atoms with Crippen molar-refractivity contribution in [3.8, 4) is 0 Å². The van der Waals surface area contributed by atoms with Crippen molar-refractivity contribution in [2.75, 3.05) is 23.4 Å². The van der Waals surface area contributed by atoms with Crippen LogP contribution in [0.1, 0.15) is 5.82 Å². The molecule has 2 N–H and O–H groups in total. The van der Waals surface area contributed by atoms with Gasteiger partial charge in [-0.25, -0.2) is 4.98 Å². The molecule has 1 aromatic rings. The number of aromatic amines is 1. The van der Waals surface area contributed by atoms with Gasteiger partial charge in [0, 0.05) is 24.1 Å². The van der Waals surface area contributed by atoms with Gasteiger partial charge < -0.3 is 10.3 Å². The fourth-order valence-electron chi connectivity index (χ4n) is 1.09. The van der Waals surface area contributed by atoms with E-state index in [-0.39, 0.29) is 5.56 Å². The Kier molecular flexibility index (Phi) is 4.97. The van der Waals surface area contributed by atoms with Crippen molar-refractivity contribution in [1.29, 1.82) is 0 Å². The molecule has 0 saturated carbocycles. The lowest BCUT2D eigenvalue weighted by Gasteiger charge is -2.04. The molecule has 0 bridgehead atoms. The molecule has 0 aromatic carbocycles. The molecular formula is C10H15N3OS. The first-order chi connectivity index (χ1) is 7.22. The highest BCUT2D eigenvalue weighted by molar-refractivity contribution is 7.99. The summed E-state index contributed by atoms with van der Waals surface area (Å²) in [6.07, 6.45) is 1.88. The van der Waals surface area contributed by atoms with Gasteiger partial charge in [0.25, 0.3) is 5.56 Å². The highest BCUT2D eigenvalue weighted by Crippen LogP contribution is 2.01. The Morgan fingerprint density at radius 3 is 3.20 bits per heavy atom. The van der Waals surface area contributed by atoms with E-state index < -0.39 is 0 Å². The third-order valence-electron chi connectivity index (χ3n) is 1.65. The van der Waals surface area contributed by atoms with Gasteiger partial charge in [-0.1, -0.05) is 6.08 Å². The molecule has 0 unspecified atom stereocenters. The first-order valence-corrected chi connectivity index (χ1v) is 5.88. The lowest BCUT2D eigenvalue weighted by atomic mass is 10.5. The second kappa shape index (κ2) is 6.29. The van der Waals surface area contributed by atoms with Crippen molar-refractivity contribution in [2.45, 2.75) is 6.92 Å². The van der Waals surface area contributed by atoms with Gasteiger partial charge in [0.2, 0.25) is 0 Å². The topological polar surface area (TPSA) is 57.8 Å². The van der Waals surface area contributed by atoms with E-state index >= 15 is 0 Å². The number of hydrogen-bond donors (Lipinski definition) is 2. The predicted molar refractivity (Wildman–Crippen MR) is 65.6 cm³/mol. The minimum absolute atomic E-state index is 0.122. The number of rotatable bonds is 6. The summed E-state index contributed by atoms with van der Waals surface area (Å²) in [4.78, 5) is 17.8. The molecule has 0 spiro atoms. The minimum atomic E-state index is -0.122. The van der Waals surface area contributed by atoms with Crippen molar-refractivity contribution < 1.29 is 0 Å². The highest BCUT2D eigenvalue weighted by atomic mass is 32.2. The second-order valence-corrected chi connectivity index (χ2v) is 4.16. The van der Waals surface area contributed by atoms with E-state index in [0.29, 0.717) is 11.6 Å². The lowest BCUT2D eigenvalue weighted by Crippen LogP contribution is -2.13. The van der Waals surface area contributed by atoms with Crippen LogP contribution >= 0.6 is 11.8 Å². The molecule has 1 heterocycles. The van der Waals surface area contributed by atoms with Crippen LogP contribution < -0.4 is 10.9 Å².